The molecule has 2 aromatic carbocycles. The molecule has 3 rings (SSSR count). The van der Waals surface area contributed by atoms with Crippen LogP contribution in [0.3, 0.4) is 0 Å². The second kappa shape index (κ2) is 9.15. The van der Waals surface area contributed by atoms with E-state index in [1.807, 2.05) is 24.3 Å². The summed E-state index contributed by atoms with van der Waals surface area (Å²) in [6, 6.07) is 22.1. The largest absolute Gasteiger partial charge is 0.487 e. The lowest BCUT2D eigenvalue weighted by molar-refractivity contribution is 0.305. The van der Waals surface area contributed by atoms with Crippen molar-refractivity contribution in [1.29, 1.82) is 5.41 Å². The van der Waals surface area contributed by atoms with Gasteiger partial charge in [0.05, 0.1) is 17.6 Å². The summed E-state index contributed by atoms with van der Waals surface area (Å²) in [5.74, 6) is 0.675. The number of hydrogen-bond acceptors (Lipinski definition) is 4. The van der Waals surface area contributed by atoms with Crippen molar-refractivity contribution in [2.24, 2.45) is 5.73 Å². The lowest BCUT2D eigenvalue weighted by atomic mass is 10.1. The van der Waals surface area contributed by atoms with Gasteiger partial charge in [-0.2, -0.15) is 0 Å². The minimum absolute atomic E-state index is 0.454. The molecule has 0 saturated heterocycles. The topological polar surface area (TPSA) is 72.0 Å². The minimum atomic E-state index is 0.454. The molecule has 0 aliphatic rings. The molecule has 0 aliphatic heterocycles. The highest BCUT2D eigenvalue weighted by atomic mass is 16.5. The Morgan fingerprint density at radius 1 is 0.926 bits per heavy atom. The summed E-state index contributed by atoms with van der Waals surface area (Å²) in [5, 5.41) is 7.03. The molecule has 0 bridgehead atoms. The smallest absolute Gasteiger partial charge is 0.138 e. The maximum Gasteiger partial charge on any atom is 0.138 e. The Morgan fingerprint density at radius 3 is 2.26 bits per heavy atom. The Kier molecular flexibility index (Phi) is 6.15. The third kappa shape index (κ3) is 5.41. The molecule has 4 heteroatoms. The lowest BCUT2D eigenvalue weighted by Crippen LogP contribution is -2.00. The van der Waals surface area contributed by atoms with Gasteiger partial charge in [-0.3, -0.25) is 4.98 Å². The molecular formula is C23H21N3O. The summed E-state index contributed by atoms with van der Waals surface area (Å²) in [4.78, 5) is 4.25. The van der Waals surface area contributed by atoms with Gasteiger partial charge in [0.2, 0.25) is 0 Å². The molecular weight excluding hydrogens is 334 g/mol. The quantitative estimate of drug-likeness (QED) is 0.473. The first-order chi connectivity index (χ1) is 13.2. The SMILES string of the molecule is N=C/C=C(\N)c1ccc(OCc2ccc(/C=C/c3ccccc3)cc2)cn1. The van der Waals surface area contributed by atoms with E-state index in [0.29, 0.717) is 23.7 Å². The Bertz CT molecular complexity index is 928. The Balaban J connectivity index is 1.56. The van der Waals surface area contributed by atoms with Crippen molar-refractivity contribution in [1.82, 2.24) is 4.98 Å². The molecule has 1 heterocycles. The summed E-state index contributed by atoms with van der Waals surface area (Å²) < 4.78 is 5.77. The van der Waals surface area contributed by atoms with Crippen LogP contribution in [0.4, 0.5) is 0 Å². The molecule has 0 spiro atoms. The number of hydrogen-bond donors (Lipinski definition) is 2. The zero-order valence-electron chi connectivity index (χ0n) is 14.9. The van der Waals surface area contributed by atoms with Crippen LogP contribution in [0.25, 0.3) is 17.8 Å². The summed E-state index contributed by atoms with van der Waals surface area (Å²) in [6.07, 6.45) is 8.46. The van der Waals surface area contributed by atoms with Gasteiger partial charge in [0, 0.05) is 6.21 Å². The second-order valence-electron chi connectivity index (χ2n) is 5.94. The number of rotatable bonds is 7. The molecule has 3 aromatic rings. The van der Waals surface area contributed by atoms with E-state index in [1.165, 1.54) is 11.6 Å². The van der Waals surface area contributed by atoms with Crippen molar-refractivity contribution in [3.63, 3.8) is 0 Å². The van der Waals surface area contributed by atoms with E-state index in [1.54, 1.807) is 12.3 Å². The number of nitrogens with zero attached hydrogens (tertiary/aromatic N) is 1. The van der Waals surface area contributed by atoms with Crippen molar-refractivity contribution in [2.75, 3.05) is 0 Å². The van der Waals surface area contributed by atoms with Crippen LogP contribution in [0, 0.1) is 5.41 Å². The third-order valence-electron chi connectivity index (χ3n) is 3.95. The zero-order chi connectivity index (χ0) is 18.9. The van der Waals surface area contributed by atoms with Gasteiger partial charge in [0.25, 0.3) is 0 Å². The third-order valence-corrected chi connectivity index (χ3v) is 3.95. The number of nitrogens with one attached hydrogen (secondary N) is 1. The highest BCUT2D eigenvalue weighted by Gasteiger charge is 2.00. The normalized spacial score (nSPS) is 11.5. The first-order valence-electron chi connectivity index (χ1n) is 8.62. The molecule has 3 N–H and O–H groups in total. The van der Waals surface area contributed by atoms with Gasteiger partial charge < -0.3 is 15.9 Å². The first kappa shape index (κ1) is 18.1. The maximum atomic E-state index is 7.03. The van der Waals surface area contributed by atoms with Crippen LogP contribution in [0.1, 0.15) is 22.4 Å². The molecule has 27 heavy (non-hydrogen) atoms. The van der Waals surface area contributed by atoms with Gasteiger partial charge in [0.15, 0.2) is 0 Å². The number of nitrogens with two attached hydrogens (primary N) is 1. The Hall–Kier alpha value is -3.66. The van der Waals surface area contributed by atoms with E-state index in [9.17, 15) is 0 Å². The van der Waals surface area contributed by atoms with Gasteiger partial charge in [-0.05, 0) is 34.9 Å². The fraction of sp³-hybridized carbons (Fsp3) is 0.0435. The summed E-state index contributed by atoms with van der Waals surface area (Å²) >= 11 is 0. The number of allylic oxidation sites excluding steroid dienone is 1. The molecule has 0 amide bonds. The number of pyridine rings is 1. The van der Waals surface area contributed by atoms with Crippen LogP contribution >= 0.6 is 0 Å². The zero-order valence-corrected chi connectivity index (χ0v) is 14.9. The van der Waals surface area contributed by atoms with E-state index < -0.39 is 0 Å². The average Bonchev–Trinajstić information content (AvgIpc) is 2.73. The first-order valence-corrected chi connectivity index (χ1v) is 8.62. The molecule has 1 aromatic heterocycles. The van der Waals surface area contributed by atoms with Crippen LogP contribution in [0.15, 0.2) is 79.0 Å². The van der Waals surface area contributed by atoms with E-state index in [0.717, 1.165) is 17.3 Å². The summed E-state index contributed by atoms with van der Waals surface area (Å²) in [6.45, 7) is 0.468. The van der Waals surface area contributed by atoms with E-state index >= 15 is 0 Å². The number of aromatic nitrogens is 1. The van der Waals surface area contributed by atoms with Crippen molar-refractivity contribution < 1.29 is 4.74 Å². The van der Waals surface area contributed by atoms with Crippen molar-refractivity contribution in [3.05, 3.63) is 101 Å². The number of ether oxygens (including phenoxy) is 1. The molecule has 134 valence electrons. The molecule has 0 unspecified atom stereocenters. The maximum absolute atomic E-state index is 7.03. The van der Waals surface area contributed by atoms with Gasteiger partial charge >= 0.3 is 0 Å². The van der Waals surface area contributed by atoms with Crippen molar-refractivity contribution in [3.8, 4) is 5.75 Å². The molecule has 0 saturated carbocycles. The van der Waals surface area contributed by atoms with E-state index in [-0.39, 0.29) is 0 Å². The minimum Gasteiger partial charge on any atom is -0.487 e. The van der Waals surface area contributed by atoms with Crippen molar-refractivity contribution >= 4 is 24.1 Å². The van der Waals surface area contributed by atoms with E-state index in [4.69, 9.17) is 15.9 Å². The monoisotopic (exact) mass is 355 g/mol. The molecule has 0 aliphatic carbocycles. The lowest BCUT2D eigenvalue weighted by Gasteiger charge is -2.07. The van der Waals surface area contributed by atoms with Crippen LogP contribution in [-0.2, 0) is 6.61 Å². The Labute approximate surface area is 159 Å². The Morgan fingerprint density at radius 2 is 1.63 bits per heavy atom. The molecule has 0 radical (unpaired) electrons. The predicted octanol–water partition coefficient (Wildman–Crippen LogP) is 4.78. The van der Waals surface area contributed by atoms with Crippen LogP contribution in [0.5, 0.6) is 5.75 Å². The molecule has 0 atom stereocenters. The van der Waals surface area contributed by atoms with E-state index in [2.05, 4.69) is 53.5 Å². The summed E-state index contributed by atoms with van der Waals surface area (Å²) in [7, 11) is 0. The predicted molar refractivity (Wildman–Crippen MR) is 111 cm³/mol. The van der Waals surface area contributed by atoms with Gasteiger partial charge in [-0.15, -0.1) is 0 Å². The fourth-order valence-corrected chi connectivity index (χ4v) is 2.46. The average molecular weight is 355 g/mol. The fourth-order valence-electron chi connectivity index (χ4n) is 2.46. The van der Waals surface area contributed by atoms with Crippen molar-refractivity contribution in [2.45, 2.75) is 6.61 Å². The standard InChI is InChI=1S/C23H21N3O/c24-15-14-22(25)23-13-12-21(16-26-23)27-17-20-10-8-19(9-11-20)7-6-18-4-2-1-3-5-18/h1-16,24H,17,25H2/b7-6+,22-14-,24-15?. The van der Waals surface area contributed by atoms with Crippen LogP contribution in [0.2, 0.25) is 0 Å². The highest BCUT2D eigenvalue weighted by Crippen LogP contribution is 2.15. The molecule has 0 fully saturated rings. The summed E-state index contributed by atoms with van der Waals surface area (Å²) in [5.41, 5.74) is 10.3. The van der Waals surface area contributed by atoms with Gasteiger partial charge in [0.1, 0.15) is 12.4 Å². The van der Waals surface area contributed by atoms with Crippen LogP contribution in [-0.4, -0.2) is 11.2 Å². The highest BCUT2D eigenvalue weighted by molar-refractivity contribution is 5.80. The number of benzene rings is 2. The van der Waals surface area contributed by atoms with Crippen LogP contribution < -0.4 is 10.5 Å². The molecule has 4 nitrogen and oxygen atoms in total. The van der Waals surface area contributed by atoms with Gasteiger partial charge in [-0.25, -0.2) is 0 Å². The van der Waals surface area contributed by atoms with Gasteiger partial charge in [-0.1, -0.05) is 66.7 Å². The second-order valence-corrected chi connectivity index (χ2v) is 5.94.